The van der Waals surface area contributed by atoms with Crippen LogP contribution in [0.2, 0.25) is 5.02 Å². The molecule has 1 saturated heterocycles. The second-order valence-electron chi connectivity index (χ2n) is 4.26. The Morgan fingerprint density at radius 2 is 2.06 bits per heavy atom. The van der Waals surface area contributed by atoms with E-state index in [-0.39, 0.29) is 16.9 Å². The summed E-state index contributed by atoms with van der Waals surface area (Å²) >= 11 is 5.68. The molecule has 0 amide bonds. The van der Waals surface area contributed by atoms with Gasteiger partial charge in [0.1, 0.15) is 11.9 Å². The highest BCUT2D eigenvalue weighted by Crippen LogP contribution is 2.34. The molecular formula is C12H13ClF3NO. The molecule has 1 aliphatic heterocycles. The molecule has 1 aliphatic rings. The second kappa shape index (κ2) is 5.36. The number of halogens is 4. The van der Waals surface area contributed by atoms with E-state index in [1.807, 2.05) is 0 Å². The van der Waals surface area contributed by atoms with E-state index in [1.54, 1.807) is 0 Å². The summed E-state index contributed by atoms with van der Waals surface area (Å²) < 4.78 is 43.3. The third-order valence-corrected chi connectivity index (χ3v) is 2.97. The lowest BCUT2D eigenvalue weighted by atomic mass is 10.1. The van der Waals surface area contributed by atoms with Crippen molar-refractivity contribution >= 4 is 11.6 Å². The van der Waals surface area contributed by atoms with Crippen LogP contribution in [0, 0.1) is 0 Å². The van der Waals surface area contributed by atoms with Crippen LogP contribution in [0.4, 0.5) is 13.2 Å². The van der Waals surface area contributed by atoms with Gasteiger partial charge in [0, 0.05) is 11.6 Å². The highest BCUT2D eigenvalue weighted by molar-refractivity contribution is 6.30. The van der Waals surface area contributed by atoms with Gasteiger partial charge in [-0.3, -0.25) is 0 Å². The van der Waals surface area contributed by atoms with Crippen LogP contribution in [-0.4, -0.2) is 19.2 Å². The van der Waals surface area contributed by atoms with E-state index in [2.05, 4.69) is 5.32 Å². The molecule has 0 bridgehead atoms. The summed E-state index contributed by atoms with van der Waals surface area (Å²) in [6.45, 7) is 1.57. The molecule has 2 rings (SSSR count). The van der Waals surface area contributed by atoms with E-state index in [1.165, 1.54) is 6.07 Å². The van der Waals surface area contributed by atoms with Gasteiger partial charge in [-0.15, -0.1) is 0 Å². The van der Waals surface area contributed by atoms with Crippen molar-refractivity contribution in [1.82, 2.24) is 5.32 Å². The third kappa shape index (κ3) is 3.53. The largest absolute Gasteiger partial charge is 0.489 e. The van der Waals surface area contributed by atoms with E-state index >= 15 is 0 Å². The van der Waals surface area contributed by atoms with Crippen LogP contribution >= 0.6 is 11.6 Å². The fraction of sp³-hybridized carbons (Fsp3) is 0.500. The van der Waals surface area contributed by atoms with Crippen LogP contribution in [-0.2, 0) is 6.18 Å². The summed E-state index contributed by atoms with van der Waals surface area (Å²) in [6, 6.07) is 3.29. The molecular weight excluding hydrogens is 267 g/mol. The Morgan fingerprint density at radius 3 is 2.67 bits per heavy atom. The highest BCUT2D eigenvalue weighted by Gasteiger charge is 2.31. The number of nitrogens with one attached hydrogen (secondary N) is 1. The quantitative estimate of drug-likeness (QED) is 0.895. The zero-order valence-electron chi connectivity index (χ0n) is 9.56. The molecule has 1 aromatic carbocycles. The maximum Gasteiger partial charge on any atom is 0.416 e. The molecule has 1 atom stereocenters. The number of benzene rings is 1. The molecule has 1 aromatic rings. The monoisotopic (exact) mass is 279 g/mol. The van der Waals surface area contributed by atoms with Crippen molar-refractivity contribution in [3.8, 4) is 5.75 Å². The second-order valence-corrected chi connectivity index (χ2v) is 4.70. The number of alkyl halides is 3. The Labute approximate surface area is 108 Å². The topological polar surface area (TPSA) is 21.3 Å². The summed E-state index contributed by atoms with van der Waals surface area (Å²) in [7, 11) is 0. The maximum absolute atomic E-state index is 12.6. The van der Waals surface area contributed by atoms with Crippen LogP contribution < -0.4 is 10.1 Å². The lowest BCUT2D eigenvalue weighted by Gasteiger charge is -2.24. The first-order valence-electron chi connectivity index (χ1n) is 5.70. The van der Waals surface area contributed by atoms with Gasteiger partial charge in [-0.05, 0) is 37.6 Å². The lowest BCUT2D eigenvalue weighted by molar-refractivity contribution is -0.137. The normalized spacial score (nSPS) is 20.8. The Morgan fingerprint density at radius 1 is 1.28 bits per heavy atom. The van der Waals surface area contributed by atoms with Crippen molar-refractivity contribution in [3.05, 3.63) is 28.8 Å². The molecule has 0 aromatic heterocycles. The molecule has 6 heteroatoms. The number of hydrogen-bond donors (Lipinski definition) is 1. The van der Waals surface area contributed by atoms with Crippen LogP contribution in [0.15, 0.2) is 18.2 Å². The Hall–Kier alpha value is -0.940. The summed E-state index contributed by atoms with van der Waals surface area (Å²) in [5.41, 5.74) is -0.784. The summed E-state index contributed by atoms with van der Waals surface area (Å²) in [5, 5.41) is 3.17. The van der Waals surface area contributed by atoms with Crippen LogP contribution in [0.25, 0.3) is 0 Å². The van der Waals surface area contributed by atoms with E-state index in [9.17, 15) is 13.2 Å². The van der Waals surface area contributed by atoms with Gasteiger partial charge in [-0.1, -0.05) is 11.6 Å². The van der Waals surface area contributed by atoms with Crippen molar-refractivity contribution in [1.29, 1.82) is 0 Å². The van der Waals surface area contributed by atoms with E-state index in [0.29, 0.717) is 6.54 Å². The van der Waals surface area contributed by atoms with Gasteiger partial charge in [0.05, 0.1) is 5.56 Å². The smallest absolute Gasteiger partial charge is 0.416 e. The summed E-state index contributed by atoms with van der Waals surface area (Å²) in [4.78, 5) is 0. The fourth-order valence-electron chi connectivity index (χ4n) is 1.91. The fourth-order valence-corrected chi connectivity index (χ4v) is 2.13. The van der Waals surface area contributed by atoms with Crippen LogP contribution in [0.1, 0.15) is 18.4 Å². The molecule has 0 aliphatic carbocycles. The molecule has 0 radical (unpaired) electrons. The SMILES string of the molecule is FC(F)(F)c1cc(Cl)cc(OC2CCCNC2)c1. The van der Waals surface area contributed by atoms with Gasteiger partial charge in [-0.25, -0.2) is 0 Å². The molecule has 0 saturated carbocycles. The molecule has 1 N–H and O–H groups in total. The molecule has 1 heterocycles. The first-order valence-corrected chi connectivity index (χ1v) is 6.08. The molecule has 100 valence electrons. The third-order valence-electron chi connectivity index (χ3n) is 2.75. The predicted octanol–water partition coefficient (Wildman–Crippen LogP) is 3.49. The Kier molecular flexibility index (Phi) is 4.02. The number of hydrogen-bond acceptors (Lipinski definition) is 2. The summed E-state index contributed by atoms with van der Waals surface area (Å²) in [6.07, 6.45) is -2.72. The number of rotatable bonds is 2. The molecule has 2 nitrogen and oxygen atoms in total. The first-order chi connectivity index (χ1) is 8.45. The van der Waals surface area contributed by atoms with Gasteiger partial charge in [0.25, 0.3) is 0 Å². The first kappa shape index (κ1) is 13.5. The van der Waals surface area contributed by atoms with Crippen molar-refractivity contribution in [2.75, 3.05) is 13.1 Å². The number of piperidine rings is 1. The van der Waals surface area contributed by atoms with E-state index < -0.39 is 11.7 Å². The standard InChI is InChI=1S/C12H13ClF3NO/c13-9-4-8(12(14,15)16)5-11(6-9)18-10-2-1-3-17-7-10/h4-6,10,17H,1-3,7H2. The van der Waals surface area contributed by atoms with Gasteiger partial charge in [-0.2, -0.15) is 13.2 Å². The molecule has 18 heavy (non-hydrogen) atoms. The van der Waals surface area contributed by atoms with E-state index in [4.69, 9.17) is 16.3 Å². The molecule has 1 fully saturated rings. The minimum absolute atomic E-state index is 0.0311. The average Bonchev–Trinajstić information content (AvgIpc) is 2.28. The van der Waals surface area contributed by atoms with Crippen LogP contribution in [0.3, 0.4) is 0 Å². The lowest BCUT2D eigenvalue weighted by Crippen LogP contribution is -2.37. The zero-order chi connectivity index (χ0) is 13.2. The highest BCUT2D eigenvalue weighted by atomic mass is 35.5. The average molecular weight is 280 g/mol. The minimum Gasteiger partial charge on any atom is -0.489 e. The van der Waals surface area contributed by atoms with E-state index in [0.717, 1.165) is 31.5 Å². The van der Waals surface area contributed by atoms with Crippen molar-refractivity contribution in [2.45, 2.75) is 25.1 Å². The van der Waals surface area contributed by atoms with Gasteiger partial charge < -0.3 is 10.1 Å². The molecule has 0 spiro atoms. The number of ether oxygens (including phenoxy) is 1. The molecule has 1 unspecified atom stereocenters. The van der Waals surface area contributed by atoms with Crippen LogP contribution in [0.5, 0.6) is 5.75 Å². The van der Waals surface area contributed by atoms with Gasteiger partial charge in [0.15, 0.2) is 0 Å². The zero-order valence-corrected chi connectivity index (χ0v) is 10.3. The Balaban J connectivity index is 2.14. The van der Waals surface area contributed by atoms with Crippen molar-refractivity contribution in [3.63, 3.8) is 0 Å². The summed E-state index contributed by atoms with van der Waals surface area (Å²) in [5.74, 6) is 0.170. The Bertz CT molecular complexity index is 416. The predicted molar refractivity (Wildman–Crippen MR) is 63.0 cm³/mol. The minimum atomic E-state index is -4.41. The van der Waals surface area contributed by atoms with Crippen molar-refractivity contribution < 1.29 is 17.9 Å². The van der Waals surface area contributed by atoms with Gasteiger partial charge in [0.2, 0.25) is 0 Å². The van der Waals surface area contributed by atoms with Gasteiger partial charge >= 0.3 is 6.18 Å². The maximum atomic E-state index is 12.6. The van der Waals surface area contributed by atoms with Crippen molar-refractivity contribution in [2.24, 2.45) is 0 Å².